The van der Waals surface area contributed by atoms with Crippen LogP contribution in [0, 0.1) is 0 Å². The van der Waals surface area contributed by atoms with Crippen molar-refractivity contribution in [3.05, 3.63) is 45.1 Å². The summed E-state index contributed by atoms with van der Waals surface area (Å²) in [5.41, 5.74) is 2.03. The van der Waals surface area contributed by atoms with E-state index in [-0.39, 0.29) is 24.0 Å². The first-order valence-corrected chi connectivity index (χ1v) is 11.7. The molecule has 0 radical (unpaired) electrons. The van der Waals surface area contributed by atoms with Gasteiger partial charge in [0.25, 0.3) is 5.91 Å². The quantitative estimate of drug-likeness (QED) is 0.681. The van der Waals surface area contributed by atoms with E-state index < -0.39 is 0 Å². The fourth-order valence-electron chi connectivity index (χ4n) is 5.17. The molecular formula is C22H26Cl2N6O2. The van der Waals surface area contributed by atoms with E-state index in [0.29, 0.717) is 34.0 Å². The second kappa shape index (κ2) is 8.24. The first kappa shape index (κ1) is 21.6. The molecule has 4 heterocycles. The van der Waals surface area contributed by atoms with Crippen molar-refractivity contribution in [2.45, 2.75) is 51.4 Å². The van der Waals surface area contributed by atoms with Crippen LogP contribution in [0.25, 0.3) is 0 Å². The summed E-state index contributed by atoms with van der Waals surface area (Å²) < 4.78 is 0. The Bertz CT molecular complexity index is 1050. The zero-order chi connectivity index (χ0) is 22.6. The minimum absolute atomic E-state index is 0.0417. The van der Waals surface area contributed by atoms with E-state index >= 15 is 0 Å². The Morgan fingerprint density at radius 2 is 1.88 bits per heavy atom. The van der Waals surface area contributed by atoms with E-state index in [1.165, 1.54) is 6.42 Å². The molecule has 2 saturated heterocycles. The van der Waals surface area contributed by atoms with E-state index in [0.717, 1.165) is 37.3 Å². The Kier molecular flexibility index (Phi) is 5.55. The lowest BCUT2D eigenvalue weighted by atomic mass is 10.1. The summed E-state index contributed by atoms with van der Waals surface area (Å²) in [6.07, 6.45) is 2.36. The van der Waals surface area contributed by atoms with E-state index in [4.69, 9.17) is 23.2 Å². The Morgan fingerprint density at radius 3 is 2.62 bits per heavy atom. The van der Waals surface area contributed by atoms with Gasteiger partial charge in [0.15, 0.2) is 5.82 Å². The Balaban J connectivity index is 1.31. The van der Waals surface area contributed by atoms with E-state index in [9.17, 15) is 9.59 Å². The summed E-state index contributed by atoms with van der Waals surface area (Å²) in [5, 5.41) is 10.9. The number of anilines is 1. The number of rotatable bonds is 2. The third-order valence-corrected chi connectivity index (χ3v) is 7.33. The molecule has 2 N–H and O–H groups in total. The number of carbonyl (C=O) groups is 2. The van der Waals surface area contributed by atoms with Gasteiger partial charge in [-0.3, -0.25) is 14.8 Å². The average molecular weight is 477 g/mol. The van der Waals surface area contributed by atoms with Gasteiger partial charge in [-0.25, -0.2) is 4.79 Å². The first-order valence-electron chi connectivity index (χ1n) is 11.0. The molecule has 0 aliphatic carbocycles. The number of halogens is 2. The molecule has 3 aliphatic heterocycles. The zero-order valence-electron chi connectivity index (χ0n) is 18.1. The number of carbonyl (C=O) groups excluding carboxylic acids is 2. The molecule has 0 spiro atoms. The minimum atomic E-state index is -0.355. The molecule has 0 saturated carbocycles. The number of nitrogens with zero attached hydrogens (tertiary/aromatic N) is 4. The highest BCUT2D eigenvalue weighted by atomic mass is 35.5. The number of hydrogen-bond acceptors (Lipinski definition) is 4. The Morgan fingerprint density at radius 1 is 1.12 bits per heavy atom. The van der Waals surface area contributed by atoms with Crippen molar-refractivity contribution < 1.29 is 9.59 Å². The molecule has 170 valence electrons. The minimum Gasteiger partial charge on any atom is -0.319 e. The van der Waals surface area contributed by atoms with Crippen molar-refractivity contribution in [2.24, 2.45) is 0 Å². The number of hydrogen-bond donors (Lipinski definition) is 2. The highest BCUT2D eigenvalue weighted by Gasteiger charge is 2.42. The van der Waals surface area contributed by atoms with Gasteiger partial charge >= 0.3 is 6.03 Å². The molecule has 1 aromatic carbocycles. The van der Waals surface area contributed by atoms with Gasteiger partial charge in [0.2, 0.25) is 0 Å². The number of fused-ring (bicyclic) bond motifs is 2. The highest BCUT2D eigenvalue weighted by molar-refractivity contribution is 6.35. The summed E-state index contributed by atoms with van der Waals surface area (Å²) in [6, 6.07) is 5.21. The molecule has 0 bridgehead atoms. The van der Waals surface area contributed by atoms with Gasteiger partial charge in [0.1, 0.15) is 0 Å². The smallest absolute Gasteiger partial charge is 0.319 e. The monoisotopic (exact) mass is 476 g/mol. The van der Waals surface area contributed by atoms with Gasteiger partial charge < -0.3 is 15.1 Å². The van der Waals surface area contributed by atoms with Crippen LogP contribution in [0.5, 0.6) is 0 Å². The van der Waals surface area contributed by atoms with Gasteiger partial charge in [0, 0.05) is 46.3 Å². The number of benzene rings is 1. The maximum atomic E-state index is 13.5. The summed E-state index contributed by atoms with van der Waals surface area (Å²) >= 11 is 12.0. The number of aromatic nitrogens is 2. The fraction of sp³-hybridized carbons (Fsp3) is 0.500. The number of urea groups is 1. The summed E-state index contributed by atoms with van der Waals surface area (Å²) in [6.45, 7) is 7.34. The molecule has 5 rings (SSSR count). The normalized spacial score (nSPS) is 25.1. The van der Waals surface area contributed by atoms with Gasteiger partial charge in [-0.1, -0.05) is 23.2 Å². The summed E-state index contributed by atoms with van der Waals surface area (Å²) in [7, 11) is 0. The van der Waals surface area contributed by atoms with Crippen molar-refractivity contribution in [3.63, 3.8) is 0 Å². The maximum absolute atomic E-state index is 13.5. The molecule has 2 fully saturated rings. The van der Waals surface area contributed by atoms with Gasteiger partial charge in [-0.2, -0.15) is 5.10 Å². The maximum Gasteiger partial charge on any atom is 0.321 e. The second-order valence-electron chi connectivity index (χ2n) is 8.96. The third kappa shape index (κ3) is 3.74. The van der Waals surface area contributed by atoms with Gasteiger partial charge in [0.05, 0.1) is 18.3 Å². The molecule has 2 aromatic rings. The molecular weight excluding hydrogens is 451 g/mol. The van der Waals surface area contributed by atoms with Crippen LogP contribution in [0.2, 0.25) is 10.0 Å². The van der Waals surface area contributed by atoms with Crippen molar-refractivity contribution in [1.29, 1.82) is 0 Å². The highest BCUT2D eigenvalue weighted by Crippen LogP contribution is 2.37. The lowest BCUT2D eigenvalue weighted by molar-refractivity contribution is 0.0580. The molecule has 3 aliphatic rings. The lowest BCUT2D eigenvalue weighted by Gasteiger charge is -2.44. The third-order valence-electron chi connectivity index (χ3n) is 6.90. The van der Waals surface area contributed by atoms with Crippen LogP contribution in [0.3, 0.4) is 0 Å². The number of nitrogens with one attached hydrogen (secondary N) is 2. The molecule has 10 heteroatoms. The summed E-state index contributed by atoms with van der Waals surface area (Å²) in [5.74, 6) is 0.0732. The van der Waals surface area contributed by atoms with E-state index in [2.05, 4.69) is 27.3 Å². The van der Waals surface area contributed by atoms with Crippen molar-refractivity contribution in [2.75, 3.05) is 25.0 Å². The number of piperazine rings is 1. The van der Waals surface area contributed by atoms with Crippen LogP contribution in [0.15, 0.2) is 18.2 Å². The predicted molar refractivity (Wildman–Crippen MR) is 123 cm³/mol. The standard InChI is InChI=1S/C22H26Cl2N6O2/c1-12-9-28-5-3-4-17(28)10-29(12)22(32)30-11-18-19(13(30)2)26-27-20(18)25-21(31)14-6-15(23)8-16(24)7-14/h6-8,12-13,17H,3-5,9-11H2,1-2H3,(H2,25,26,27,31)/t12?,13?,17-/m0/s1. The van der Waals surface area contributed by atoms with Crippen LogP contribution in [0.1, 0.15) is 54.3 Å². The molecule has 32 heavy (non-hydrogen) atoms. The Labute approximate surface area is 196 Å². The van der Waals surface area contributed by atoms with E-state index in [1.54, 1.807) is 18.2 Å². The lowest BCUT2D eigenvalue weighted by Crippen LogP contribution is -2.59. The zero-order valence-corrected chi connectivity index (χ0v) is 19.6. The topological polar surface area (TPSA) is 84.6 Å². The van der Waals surface area contributed by atoms with E-state index in [1.807, 2.05) is 16.7 Å². The number of amides is 3. The van der Waals surface area contributed by atoms with Crippen LogP contribution >= 0.6 is 23.2 Å². The number of H-pyrrole nitrogens is 1. The van der Waals surface area contributed by atoms with Crippen molar-refractivity contribution in [3.8, 4) is 0 Å². The van der Waals surface area contributed by atoms with Crippen molar-refractivity contribution >= 4 is 41.0 Å². The van der Waals surface area contributed by atoms with Crippen LogP contribution < -0.4 is 5.32 Å². The molecule has 3 atom stereocenters. The average Bonchev–Trinajstić information content (AvgIpc) is 3.43. The predicted octanol–water partition coefficient (Wildman–Crippen LogP) is 4.13. The van der Waals surface area contributed by atoms with Crippen LogP contribution in [0.4, 0.5) is 10.6 Å². The SMILES string of the molecule is CC1CN2CCC[C@H]2CN1C(=O)N1Cc2c(NC(=O)c3cc(Cl)cc(Cl)c3)n[nH]c2C1C. The molecule has 1 aromatic heterocycles. The first-order chi connectivity index (χ1) is 15.3. The molecule has 3 amide bonds. The Hall–Kier alpha value is -2.29. The number of aromatic amines is 1. The fourth-order valence-corrected chi connectivity index (χ4v) is 5.69. The van der Waals surface area contributed by atoms with Crippen molar-refractivity contribution in [1.82, 2.24) is 24.9 Å². The van der Waals surface area contributed by atoms with Crippen LogP contribution in [-0.4, -0.2) is 68.6 Å². The summed E-state index contributed by atoms with van der Waals surface area (Å²) in [4.78, 5) is 32.6. The van der Waals surface area contributed by atoms with Crippen LogP contribution in [-0.2, 0) is 6.54 Å². The van der Waals surface area contributed by atoms with Gasteiger partial charge in [-0.05, 0) is 51.4 Å². The largest absolute Gasteiger partial charge is 0.321 e. The molecule has 8 nitrogen and oxygen atoms in total. The second-order valence-corrected chi connectivity index (χ2v) is 9.83. The molecule has 2 unspecified atom stereocenters. The van der Waals surface area contributed by atoms with Gasteiger partial charge in [-0.15, -0.1) is 0 Å².